The Balaban J connectivity index is 2.04. The molecule has 3 aliphatic rings. The van der Waals surface area contributed by atoms with Crippen molar-refractivity contribution in [3.05, 3.63) is 28.2 Å². The van der Waals surface area contributed by atoms with Crippen molar-refractivity contribution >= 4 is 21.8 Å². The van der Waals surface area contributed by atoms with Crippen LogP contribution in [-0.2, 0) is 9.47 Å². The minimum Gasteiger partial charge on any atom is -0.496 e. The number of hydrogen-bond acceptors (Lipinski definition) is 7. The van der Waals surface area contributed by atoms with Gasteiger partial charge in [-0.15, -0.1) is 0 Å². The summed E-state index contributed by atoms with van der Waals surface area (Å²) >= 11 is 3.41. The van der Waals surface area contributed by atoms with Gasteiger partial charge < -0.3 is 14.2 Å². The average Bonchev–Trinajstić information content (AvgIpc) is 2.92. The predicted octanol–water partition coefficient (Wildman–Crippen LogP) is 3.97. The summed E-state index contributed by atoms with van der Waals surface area (Å²) in [7, 11) is 1.49. The van der Waals surface area contributed by atoms with Crippen LogP contribution in [0.4, 0.5) is 0 Å². The van der Waals surface area contributed by atoms with Gasteiger partial charge in [0.05, 0.1) is 31.2 Å². The predicted molar refractivity (Wildman–Crippen MR) is 99.7 cm³/mol. The summed E-state index contributed by atoms with van der Waals surface area (Å²) in [6.07, 6.45) is 1.60. The highest BCUT2D eigenvalue weighted by Crippen LogP contribution is 2.70. The molecule has 1 aliphatic carbocycles. The monoisotopic (exact) mass is 440 g/mol. The number of hydrogen-bond donors (Lipinski definition) is 1. The molecule has 1 aromatic carbocycles. The Morgan fingerprint density at radius 2 is 1.96 bits per heavy atom. The highest BCUT2D eigenvalue weighted by molar-refractivity contribution is 9.10. The van der Waals surface area contributed by atoms with Gasteiger partial charge in [0, 0.05) is 16.5 Å². The van der Waals surface area contributed by atoms with Crippen LogP contribution in [0.2, 0.25) is 0 Å². The number of nitrogens with one attached hydrogen (secondary N) is 1. The first-order chi connectivity index (χ1) is 13.4. The van der Waals surface area contributed by atoms with Crippen LogP contribution in [0.15, 0.2) is 22.7 Å². The molecule has 28 heavy (non-hydrogen) atoms. The normalized spacial score (nSPS) is 34.9. The lowest BCUT2D eigenvalue weighted by Crippen LogP contribution is -2.60. The quantitative estimate of drug-likeness (QED) is 0.741. The molecule has 1 aromatic rings. The lowest BCUT2D eigenvalue weighted by atomic mass is 9.51. The molecule has 4 atom stereocenters. The molecule has 2 heterocycles. The summed E-state index contributed by atoms with van der Waals surface area (Å²) in [6, 6.07) is 11.5. The highest BCUT2D eigenvalue weighted by atomic mass is 79.9. The van der Waals surface area contributed by atoms with Gasteiger partial charge in [0.2, 0.25) is 17.1 Å². The molecule has 0 radical (unpaired) electrons. The maximum absolute atomic E-state index is 10.2. The van der Waals surface area contributed by atoms with Crippen molar-refractivity contribution in [1.82, 2.24) is 0 Å². The van der Waals surface area contributed by atoms with Crippen molar-refractivity contribution in [2.45, 2.75) is 37.6 Å². The zero-order valence-electron chi connectivity index (χ0n) is 15.2. The number of benzene rings is 1. The smallest absolute Gasteiger partial charge is 0.217 e. The van der Waals surface area contributed by atoms with Crippen LogP contribution in [-0.4, -0.2) is 18.8 Å². The zero-order valence-corrected chi connectivity index (χ0v) is 16.7. The van der Waals surface area contributed by atoms with Crippen LogP contribution in [0.3, 0.4) is 0 Å². The molecule has 2 saturated heterocycles. The van der Waals surface area contributed by atoms with E-state index in [0.717, 1.165) is 12.8 Å². The Morgan fingerprint density at radius 1 is 1.21 bits per heavy atom. The SMILES string of the molecule is COc1ccc(Br)cc1C1OC23CCCCC2C(C#N)(C(=N)O3)C1(C#N)C#N. The van der Waals surface area contributed by atoms with Gasteiger partial charge in [-0.25, -0.2) is 0 Å². The first kappa shape index (κ1) is 18.7. The third kappa shape index (κ3) is 2.01. The Bertz CT molecular complexity index is 977. The summed E-state index contributed by atoms with van der Waals surface area (Å²) in [5, 5.41) is 39.2. The van der Waals surface area contributed by atoms with E-state index in [0.29, 0.717) is 28.6 Å². The molecule has 0 aromatic heterocycles. The first-order valence-corrected chi connectivity index (χ1v) is 9.77. The fourth-order valence-electron chi connectivity index (χ4n) is 5.05. The van der Waals surface area contributed by atoms with Crippen LogP contribution in [0.25, 0.3) is 0 Å². The van der Waals surface area contributed by atoms with Crippen LogP contribution in [0, 0.1) is 56.2 Å². The molecular formula is C20H17BrN4O3. The van der Waals surface area contributed by atoms with Gasteiger partial charge in [0.25, 0.3) is 0 Å². The van der Waals surface area contributed by atoms with Crippen molar-refractivity contribution in [2.75, 3.05) is 7.11 Å². The number of ether oxygens (including phenoxy) is 3. The first-order valence-electron chi connectivity index (χ1n) is 8.97. The molecule has 0 spiro atoms. The Hall–Kier alpha value is -2.60. The average molecular weight is 441 g/mol. The fraction of sp³-hybridized carbons (Fsp3) is 0.500. The van der Waals surface area contributed by atoms with Crippen molar-refractivity contribution in [2.24, 2.45) is 16.7 Å². The summed E-state index contributed by atoms with van der Waals surface area (Å²) in [5.41, 5.74) is -3.18. The number of rotatable bonds is 2. The Kier molecular flexibility index (Phi) is 4.16. The third-order valence-electron chi connectivity index (χ3n) is 6.29. The van der Waals surface area contributed by atoms with Crippen molar-refractivity contribution in [3.63, 3.8) is 0 Å². The second-order valence-corrected chi connectivity index (χ2v) is 8.29. The maximum Gasteiger partial charge on any atom is 0.217 e. The van der Waals surface area contributed by atoms with Gasteiger partial charge in [-0.3, -0.25) is 5.41 Å². The van der Waals surface area contributed by atoms with Crippen LogP contribution < -0.4 is 4.74 Å². The van der Waals surface area contributed by atoms with Crippen molar-refractivity contribution in [1.29, 1.82) is 21.2 Å². The second kappa shape index (κ2) is 6.21. The Labute approximate surface area is 171 Å². The number of halogens is 1. The standard InChI is InChI=1S/C20H17BrN4O3/c1-26-14-6-5-12(21)8-13(14)16-18(9-22,10-23)19(11-24)15-4-2-3-7-20(15,27-16)28-17(19)25/h5-6,8,15-16,25H,2-4,7H2,1H3. The van der Waals surface area contributed by atoms with Crippen molar-refractivity contribution < 1.29 is 14.2 Å². The molecule has 4 unspecified atom stereocenters. The molecule has 7 nitrogen and oxygen atoms in total. The lowest BCUT2D eigenvalue weighted by molar-refractivity contribution is -0.294. The van der Waals surface area contributed by atoms with E-state index < -0.39 is 28.6 Å². The Morgan fingerprint density at radius 3 is 2.61 bits per heavy atom. The molecule has 142 valence electrons. The van der Waals surface area contributed by atoms with E-state index in [1.54, 1.807) is 18.2 Å². The van der Waals surface area contributed by atoms with Crippen LogP contribution in [0.5, 0.6) is 5.75 Å². The summed E-state index contributed by atoms with van der Waals surface area (Å²) in [5.74, 6) is -1.63. The molecule has 4 rings (SSSR count). The molecule has 1 N–H and O–H groups in total. The van der Waals surface area contributed by atoms with Gasteiger partial charge in [0.1, 0.15) is 11.9 Å². The van der Waals surface area contributed by atoms with E-state index in [9.17, 15) is 15.8 Å². The minimum absolute atomic E-state index is 0.346. The molecule has 0 amide bonds. The third-order valence-corrected chi connectivity index (χ3v) is 6.78. The van der Waals surface area contributed by atoms with Crippen LogP contribution in [0.1, 0.15) is 37.4 Å². The maximum atomic E-state index is 10.2. The zero-order chi connectivity index (χ0) is 20.2. The summed E-state index contributed by atoms with van der Waals surface area (Å²) < 4.78 is 18.4. The summed E-state index contributed by atoms with van der Waals surface area (Å²) in [6.45, 7) is 0. The number of nitrogens with zero attached hydrogens (tertiary/aromatic N) is 3. The molecular weight excluding hydrogens is 424 g/mol. The largest absolute Gasteiger partial charge is 0.496 e. The van der Waals surface area contributed by atoms with E-state index in [2.05, 4.69) is 34.1 Å². The molecule has 2 aliphatic heterocycles. The van der Waals surface area contributed by atoms with Crippen molar-refractivity contribution in [3.8, 4) is 24.0 Å². The summed E-state index contributed by atoms with van der Waals surface area (Å²) in [4.78, 5) is 0. The van der Waals surface area contributed by atoms with Gasteiger partial charge in [-0.05, 0) is 31.0 Å². The number of methoxy groups -OCH3 is 1. The van der Waals surface area contributed by atoms with Gasteiger partial charge in [-0.2, -0.15) is 15.8 Å². The minimum atomic E-state index is -1.95. The van der Waals surface area contributed by atoms with Gasteiger partial charge in [0.15, 0.2) is 5.41 Å². The van der Waals surface area contributed by atoms with Crippen LogP contribution >= 0.6 is 15.9 Å². The van der Waals surface area contributed by atoms with E-state index in [-0.39, 0.29) is 5.90 Å². The van der Waals surface area contributed by atoms with Gasteiger partial charge >= 0.3 is 0 Å². The fourth-order valence-corrected chi connectivity index (χ4v) is 5.43. The van der Waals surface area contributed by atoms with E-state index in [1.807, 2.05) is 0 Å². The van der Waals surface area contributed by atoms with E-state index >= 15 is 0 Å². The molecule has 1 saturated carbocycles. The molecule has 3 fully saturated rings. The second-order valence-electron chi connectivity index (χ2n) is 7.38. The number of nitriles is 3. The van der Waals surface area contributed by atoms with Gasteiger partial charge in [-0.1, -0.05) is 22.4 Å². The molecule has 2 bridgehead atoms. The topological polar surface area (TPSA) is 123 Å². The van der Waals surface area contributed by atoms with E-state index in [4.69, 9.17) is 19.6 Å². The van der Waals surface area contributed by atoms with E-state index in [1.165, 1.54) is 7.11 Å². The highest BCUT2D eigenvalue weighted by Gasteiger charge is 2.80. The lowest BCUT2D eigenvalue weighted by Gasteiger charge is -2.51. The molecule has 8 heteroatoms.